The Morgan fingerprint density at radius 2 is 2.60 bits per heavy atom. The van der Waals surface area contributed by atoms with Gasteiger partial charge in [-0.15, -0.1) is 0 Å². The molecular weight excluding hydrogens is 194 g/mol. The third-order valence-electron chi connectivity index (χ3n) is 2.84. The van der Waals surface area contributed by atoms with E-state index in [-0.39, 0.29) is 12.1 Å². The van der Waals surface area contributed by atoms with Crippen LogP contribution in [0.3, 0.4) is 0 Å². The van der Waals surface area contributed by atoms with Gasteiger partial charge in [-0.05, 0) is 6.42 Å². The van der Waals surface area contributed by atoms with Gasteiger partial charge < -0.3 is 9.72 Å². The van der Waals surface area contributed by atoms with Crippen LogP contribution in [0.15, 0.2) is 6.33 Å². The van der Waals surface area contributed by atoms with Crippen molar-refractivity contribution >= 4 is 6.09 Å². The summed E-state index contributed by atoms with van der Waals surface area (Å²) in [4.78, 5) is 20.7. The minimum absolute atomic E-state index is 0.0486. The first-order valence-electron chi connectivity index (χ1n) is 5.14. The van der Waals surface area contributed by atoms with Gasteiger partial charge in [0.25, 0.3) is 0 Å². The molecule has 0 saturated heterocycles. The summed E-state index contributed by atoms with van der Waals surface area (Å²) in [5.74, 6) is 0. The van der Waals surface area contributed by atoms with E-state index in [9.17, 15) is 4.79 Å². The topological polar surface area (TPSA) is 58.2 Å². The molecule has 0 aliphatic carbocycles. The average Bonchev–Trinajstić information content (AvgIpc) is 2.74. The molecule has 1 aliphatic heterocycles. The minimum atomic E-state index is -0.268. The maximum Gasteiger partial charge on any atom is 0.410 e. The quantitative estimate of drug-likeness (QED) is 0.762. The van der Waals surface area contributed by atoms with Gasteiger partial charge in [0.15, 0.2) is 0 Å². The monoisotopic (exact) mass is 209 g/mol. The standard InChI is InChI=1S/C10H15N3O2/c1-3-8-9-7(11-6-12-9)4-5-13(8)10(14)15-2/h6,8H,3-5H2,1-2H3,(H,11,12)/t8-/m0/s1. The number of carbonyl (C=O) groups excluding carboxylic acids is 1. The molecule has 2 rings (SSSR count). The summed E-state index contributed by atoms with van der Waals surface area (Å²) in [6, 6.07) is 0.0486. The Bertz CT molecular complexity index is 361. The molecule has 1 aliphatic rings. The maximum atomic E-state index is 11.5. The van der Waals surface area contributed by atoms with Crippen LogP contribution in [0.4, 0.5) is 4.79 Å². The van der Waals surface area contributed by atoms with Crippen molar-refractivity contribution in [2.75, 3.05) is 13.7 Å². The molecule has 0 aromatic carbocycles. The first-order valence-corrected chi connectivity index (χ1v) is 5.14. The van der Waals surface area contributed by atoms with E-state index in [0.29, 0.717) is 6.54 Å². The van der Waals surface area contributed by atoms with Crippen LogP contribution in [-0.2, 0) is 11.2 Å². The predicted octanol–water partition coefficient (Wildman–Crippen LogP) is 1.49. The average molecular weight is 209 g/mol. The van der Waals surface area contributed by atoms with Crippen LogP contribution in [0.2, 0.25) is 0 Å². The van der Waals surface area contributed by atoms with Gasteiger partial charge in [-0.3, -0.25) is 4.90 Å². The van der Waals surface area contributed by atoms with E-state index < -0.39 is 0 Å². The summed E-state index contributed by atoms with van der Waals surface area (Å²) < 4.78 is 4.76. The highest BCUT2D eigenvalue weighted by molar-refractivity contribution is 5.68. The normalized spacial score (nSPS) is 19.9. The number of rotatable bonds is 1. The lowest BCUT2D eigenvalue weighted by Gasteiger charge is -2.32. The number of nitrogens with one attached hydrogen (secondary N) is 1. The van der Waals surface area contributed by atoms with Gasteiger partial charge in [0, 0.05) is 18.7 Å². The van der Waals surface area contributed by atoms with Gasteiger partial charge in [-0.1, -0.05) is 6.92 Å². The molecule has 0 fully saturated rings. The smallest absolute Gasteiger partial charge is 0.410 e. The van der Waals surface area contributed by atoms with Crippen LogP contribution >= 0.6 is 0 Å². The molecule has 0 radical (unpaired) electrons. The summed E-state index contributed by atoms with van der Waals surface area (Å²) >= 11 is 0. The fourth-order valence-corrected chi connectivity index (χ4v) is 2.10. The third kappa shape index (κ3) is 1.58. The van der Waals surface area contributed by atoms with Gasteiger partial charge in [-0.25, -0.2) is 9.78 Å². The molecule has 0 unspecified atom stereocenters. The third-order valence-corrected chi connectivity index (χ3v) is 2.84. The van der Waals surface area contributed by atoms with Crippen molar-refractivity contribution in [3.8, 4) is 0 Å². The molecule has 1 aromatic heterocycles. The summed E-state index contributed by atoms with van der Waals surface area (Å²) in [5.41, 5.74) is 2.12. The second-order valence-electron chi connectivity index (χ2n) is 3.60. The summed E-state index contributed by atoms with van der Waals surface area (Å²) in [6.45, 7) is 2.74. The highest BCUT2D eigenvalue weighted by Gasteiger charge is 2.31. The van der Waals surface area contributed by atoms with Crippen molar-refractivity contribution in [2.45, 2.75) is 25.8 Å². The Kier molecular flexibility index (Phi) is 2.62. The van der Waals surface area contributed by atoms with Gasteiger partial charge in [0.2, 0.25) is 0 Å². The van der Waals surface area contributed by atoms with Gasteiger partial charge in [0.05, 0.1) is 25.2 Å². The zero-order valence-electron chi connectivity index (χ0n) is 8.99. The lowest BCUT2D eigenvalue weighted by molar-refractivity contribution is 0.0983. The molecule has 1 aromatic rings. The van der Waals surface area contributed by atoms with Crippen LogP contribution in [-0.4, -0.2) is 34.6 Å². The Morgan fingerprint density at radius 3 is 3.27 bits per heavy atom. The zero-order valence-corrected chi connectivity index (χ0v) is 8.99. The van der Waals surface area contributed by atoms with Crippen LogP contribution in [0.1, 0.15) is 30.8 Å². The first-order chi connectivity index (χ1) is 7.27. The number of imidazole rings is 1. The number of hydrogen-bond donors (Lipinski definition) is 1. The first kappa shape index (κ1) is 10.0. The van der Waals surface area contributed by atoms with Crippen LogP contribution in [0.25, 0.3) is 0 Å². The molecule has 1 amide bonds. The molecular formula is C10H15N3O2. The molecule has 2 heterocycles. The van der Waals surface area contributed by atoms with E-state index in [1.54, 1.807) is 11.2 Å². The van der Waals surface area contributed by atoms with Gasteiger partial charge in [0.1, 0.15) is 0 Å². The van der Waals surface area contributed by atoms with E-state index in [4.69, 9.17) is 4.74 Å². The molecule has 5 nitrogen and oxygen atoms in total. The van der Waals surface area contributed by atoms with E-state index in [1.165, 1.54) is 7.11 Å². The number of methoxy groups -OCH3 is 1. The molecule has 1 atom stereocenters. The number of carbonyl (C=O) groups is 1. The van der Waals surface area contributed by atoms with Gasteiger partial charge >= 0.3 is 6.09 Å². The predicted molar refractivity (Wildman–Crippen MR) is 54.4 cm³/mol. The molecule has 1 N–H and O–H groups in total. The number of amides is 1. The van der Waals surface area contributed by atoms with Crippen molar-refractivity contribution < 1.29 is 9.53 Å². The van der Waals surface area contributed by atoms with Crippen LogP contribution < -0.4 is 0 Å². The lowest BCUT2D eigenvalue weighted by atomic mass is 10.0. The van der Waals surface area contributed by atoms with Crippen molar-refractivity contribution in [2.24, 2.45) is 0 Å². The van der Waals surface area contributed by atoms with Crippen LogP contribution in [0.5, 0.6) is 0 Å². The second kappa shape index (κ2) is 3.92. The SMILES string of the molecule is CC[C@H]1c2nc[nH]c2CCN1C(=O)OC. The molecule has 0 saturated carbocycles. The Morgan fingerprint density at radius 1 is 1.80 bits per heavy atom. The fraction of sp³-hybridized carbons (Fsp3) is 0.600. The number of fused-ring (bicyclic) bond motifs is 1. The summed E-state index contributed by atoms with van der Waals surface area (Å²) in [6.07, 6.45) is 3.10. The largest absolute Gasteiger partial charge is 0.453 e. The summed E-state index contributed by atoms with van der Waals surface area (Å²) in [7, 11) is 1.41. The molecule has 82 valence electrons. The highest BCUT2D eigenvalue weighted by Crippen LogP contribution is 2.29. The van der Waals surface area contributed by atoms with Crippen molar-refractivity contribution in [3.05, 3.63) is 17.7 Å². The maximum absolute atomic E-state index is 11.5. The number of aromatic amines is 1. The van der Waals surface area contributed by atoms with Crippen molar-refractivity contribution in [1.29, 1.82) is 0 Å². The van der Waals surface area contributed by atoms with Crippen molar-refractivity contribution in [1.82, 2.24) is 14.9 Å². The lowest BCUT2D eigenvalue weighted by Crippen LogP contribution is -2.39. The number of nitrogens with zero attached hydrogens (tertiary/aromatic N) is 2. The van der Waals surface area contributed by atoms with E-state index in [2.05, 4.69) is 9.97 Å². The van der Waals surface area contributed by atoms with Crippen molar-refractivity contribution in [3.63, 3.8) is 0 Å². The zero-order chi connectivity index (χ0) is 10.8. The Labute approximate surface area is 88.4 Å². The second-order valence-corrected chi connectivity index (χ2v) is 3.60. The number of ether oxygens (including phenoxy) is 1. The summed E-state index contributed by atoms with van der Waals surface area (Å²) in [5, 5.41) is 0. The molecule has 5 heteroatoms. The molecule has 0 bridgehead atoms. The number of hydrogen-bond acceptors (Lipinski definition) is 3. The Hall–Kier alpha value is -1.52. The van der Waals surface area contributed by atoms with E-state index in [1.807, 2.05) is 6.92 Å². The van der Waals surface area contributed by atoms with E-state index in [0.717, 1.165) is 24.2 Å². The number of aromatic nitrogens is 2. The minimum Gasteiger partial charge on any atom is -0.453 e. The molecule has 15 heavy (non-hydrogen) atoms. The Balaban J connectivity index is 2.28. The molecule has 0 spiro atoms. The van der Waals surface area contributed by atoms with Crippen LogP contribution in [0, 0.1) is 0 Å². The fourth-order valence-electron chi connectivity index (χ4n) is 2.10. The highest BCUT2D eigenvalue weighted by atomic mass is 16.5. The van der Waals surface area contributed by atoms with Gasteiger partial charge in [-0.2, -0.15) is 0 Å². The number of H-pyrrole nitrogens is 1. The van der Waals surface area contributed by atoms with E-state index >= 15 is 0 Å².